The van der Waals surface area contributed by atoms with Crippen molar-refractivity contribution in [1.82, 2.24) is 4.90 Å². The molecule has 0 N–H and O–H groups in total. The Kier molecular flexibility index (Phi) is 6.53. The molecule has 2 amide bonds. The highest BCUT2D eigenvalue weighted by molar-refractivity contribution is 5.97. The highest BCUT2D eigenvalue weighted by Gasteiger charge is 2.64. The van der Waals surface area contributed by atoms with Crippen LogP contribution in [-0.2, 0) is 28.5 Å². The van der Waals surface area contributed by atoms with E-state index in [2.05, 4.69) is 20.8 Å². The molecule has 1 heterocycles. The number of carbonyl (C=O) groups excluding carboxylic acids is 3. The highest BCUT2D eigenvalue weighted by Crippen LogP contribution is 2.49. The molecule has 5 atom stereocenters. The van der Waals surface area contributed by atoms with Crippen molar-refractivity contribution in [3.05, 3.63) is 0 Å². The summed E-state index contributed by atoms with van der Waals surface area (Å²) in [6.07, 6.45) is 2.36. The maximum absolute atomic E-state index is 13.1. The SMILES string of the molecule is COC1(OC)CC(C(=O)OC2CC(C)CCC2C(C)C)C1C(=O)N1CCOC1=O. The van der Waals surface area contributed by atoms with Crippen LogP contribution in [0.4, 0.5) is 4.79 Å². The molecule has 0 radical (unpaired) electrons. The second kappa shape index (κ2) is 8.60. The molecule has 3 fully saturated rings. The van der Waals surface area contributed by atoms with Crippen LogP contribution < -0.4 is 0 Å². The third kappa shape index (κ3) is 4.01. The van der Waals surface area contributed by atoms with E-state index in [4.69, 9.17) is 18.9 Å². The third-order valence-electron chi connectivity index (χ3n) is 6.90. The predicted octanol–water partition coefficient (Wildman–Crippen LogP) is 2.59. The van der Waals surface area contributed by atoms with Gasteiger partial charge in [-0.2, -0.15) is 0 Å². The molecular weight excluding hydrogens is 378 g/mol. The zero-order valence-corrected chi connectivity index (χ0v) is 18.0. The largest absolute Gasteiger partial charge is 0.462 e. The smallest absolute Gasteiger partial charge is 0.416 e. The molecular formula is C21H33NO7. The standard InChI is InChI=1S/C21H33NO7/c1-12(2)14-7-6-13(3)10-16(14)29-19(24)15-11-21(26-4,27-5)17(15)18(23)22-8-9-28-20(22)25/h12-17H,6-11H2,1-5H3. The minimum absolute atomic E-state index is 0.148. The molecule has 1 aliphatic heterocycles. The first-order chi connectivity index (χ1) is 13.7. The Bertz CT molecular complexity index is 645. The molecule has 0 aromatic rings. The van der Waals surface area contributed by atoms with Gasteiger partial charge in [-0.25, -0.2) is 9.69 Å². The van der Waals surface area contributed by atoms with Crippen molar-refractivity contribution in [2.75, 3.05) is 27.4 Å². The van der Waals surface area contributed by atoms with E-state index in [-0.39, 0.29) is 25.7 Å². The summed E-state index contributed by atoms with van der Waals surface area (Å²) in [5.74, 6) is -2.58. The van der Waals surface area contributed by atoms with Crippen LogP contribution >= 0.6 is 0 Å². The number of methoxy groups -OCH3 is 2. The van der Waals surface area contributed by atoms with E-state index in [1.165, 1.54) is 14.2 Å². The first kappa shape index (κ1) is 22.0. The number of carbonyl (C=O) groups is 3. The number of amides is 2. The van der Waals surface area contributed by atoms with Crippen LogP contribution in [0.3, 0.4) is 0 Å². The molecule has 0 bridgehead atoms. The highest BCUT2D eigenvalue weighted by atomic mass is 16.7. The maximum Gasteiger partial charge on any atom is 0.416 e. The lowest BCUT2D eigenvalue weighted by atomic mass is 9.66. The van der Waals surface area contributed by atoms with E-state index in [0.717, 1.165) is 24.2 Å². The predicted molar refractivity (Wildman–Crippen MR) is 103 cm³/mol. The summed E-state index contributed by atoms with van der Waals surface area (Å²) in [5.41, 5.74) is 0. The lowest BCUT2D eigenvalue weighted by molar-refractivity contribution is -0.303. The van der Waals surface area contributed by atoms with Crippen molar-refractivity contribution >= 4 is 18.0 Å². The first-order valence-corrected chi connectivity index (χ1v) is 10.5. The molecule has 3 aliphatic rings. The molecule has 164 valence electrons. The van der Waals surface area contributed by atoms with Gasteiger partial charge in [0.05, 0.1) is 12.5 Å². The van der Waals surface area contributed by atoms with Gasteiger partial charge < -0.3 is 18.9 Å². The van der Waals surface area contributed by atoms with E-state index in [9.17, 15) is 14.4 Å². The summed E-state index contributed by atoms with van der Waals surface area (Å²) in [7, 11) is 2.87. The Morgan fingerprint density at radius 3 is 2.45 bits per heavy atom. The van der Waals surface area contributed by atoms with Gasteiger partial charge in [-0.05, 0) is 30.6 Å². The fraction of sp³-hybridized carbons (Fsp3) is 0.857. The van der Waals surface area contributed by atoms with Gasteiger partial charge in [-0.15, -0.1) is 0 Å². The van der Waals surface area contributed by atoms with Crippen molar-refractivity contribution in [3.8, 4) is 0 Å². The molecule has 5 unspecified atom stereocenters. The van der Waals surface area contributed by atoms with Gasteiger partial charge in [0.15, 0.2) is 5.79 Å². The minimum Gasteiger partial charge on any atom is -0.462 e. The van der Waals surface area contributed by atoms with Gasteiger partial charge in [0.1, 0.15) is 18.6 Å². The van der Waals surface area contributed by atoms with Crippen LogP contribution in [0.1, 0.15) is 46.5 Å². The van der Waals surface area contributed by atoms with E-state index >= 15 is 0 Å². The van der Waals surface area contributed by atoms with Crippen molar-refractivity contribution in [2.45, 2.75) is 58.3 Å². The van der Waals surface area contributed by atoms with E-state index in [1.807, 2.05) is 0 Å². The Morgan fingerprint density at radius 1 is 1.21 bits per heavy atom. The molecule has 1 saturated heterocycles. The summed E-state index contributed by atoms with van der Waals surface area (Å²) in [5, 5.41) is 0. The number of ether oxygens (including phenoxy) is 4. The normalized spacial score (nSPS) is 33.9. The van der Waals surface area contributed by atoms with Gasteiger partial charge >= 0.3 is 12.1 Å². The molecule has 0 spiro atoms. The summed E-state index contributed by atoms with van der Waals surface area (Å²) in [6, 6.07) is 0. The van der Waals surface area contributed by atoms with Crippen LogP contribution in [0.2, 0.25) is 0 Å². The average Bonchev–Trinajstić information content (AvgIpc) is 3.08. The van der Waals surface area contributed by atoms with E-state index in [1.54, 1.807) is 0 Å². The molecule has 2 aliphatic carbocycles. The lowest BCUT2D eigenvalue weighted by Crippen LogP contribution is -2.65. The first-order valence-electron chi connectivity index (χ1n) is 10.5. The number of esters is 1. The number of imide groups is 1. The molecule has 0 aromatic carbocycles. The van der Waals surface area contributed by atoms with Gasteiger partial charge in [0.25, 0.3) is 0 Å². The van der Waals surface area contributed by atoms with Crippen LogP contribution in [0.5, 0.6) is 0 Å². The molecule has 0 aromatic heterocycles. The van der Waals surface area contributed by atoms with Crippen LogP contribution in [0, 0.1) is 29.6 Å². The second-order valence-corrected chi connectivity index (χ2v) is 8.91. The fourth-order valence-electron chi connectivity index (χ4n) is 5.03. The lowest BCUT2D eigenvalue weighted by Gasteiger charge is -2.51. The molecule has 8 nitrogen and oxygen atoms in total. The van der Waals surface area contributed by atoms with Gasteiger partial charge in [-0.3, -0.25) is 9.59 Å². The summed E-state index contributed by atoms with van der Waals surface area (Å²) >= 11 is 0. The van der Waals surface area contributed by atoms with Crippen LogP contribution in [-0.4, -0.2) is 62.1 Å². The minimum atomic E-state index is -1.24. The topological polar surface area (TPSA) is 91.4 Å². The monoisotopic (exact) mass is 411 g/mol. The van der Waals surface area contributed by atoms with Crippen molar-refractivity contribution in [3.63, 3.8) is 0 Å². The number of rotatable bonds is 6. The maximum atomic E-state index is 13.1. The average molecular weight is 411 g/mol. The number of nitrogens with zero attached hydrogens (tertiary/aromatic N) is 1. The summed E-state index contributed by atoms with van der Waals surface area (Å²) < 4.78 is 21.8. The molecule has 3 rings (SSSR count). The number of hydrogen-bond donors (Lipinski definition) is 0. The van der Waals surface area contributed by atoms with Crippen LogP contribution in [0.15, 0.2) is 0 Å². The fourth-order valence-corrected chi connectivity index (χ4v) is 5.03. The quantitative estimate of drug-likeness (QED) is 0.490. The number of cyclic esters (lactones) is 1. The molecule has 8 heteroatoms. The second-order valence-electron chi connectivity index (χ2n) is 8.91. The Labute approximate surface area is 172 Å². The Hall–Kier alpha value is -1.67. The summed E-state index contributed by atoms with van der Waals surface area (Å²) in [4.78, 5) is 39.0. The zero-order valence-electron chi connectivity index (χ0n) is 18.0. The zero-order chi connectivity index (χ0) is 21.3. The van der Waals surface area contributed by atoms with Crippen molar-refractivity contribution in [1.29, 1.82) is 0 Å². The summed E-state index contributed by atoms with van der Waals surface area (Å²) in [6.45, 7) is 6.78. The number of hydrogen-bond acceptors (Lipinski definition) is 7. The molecule has 2 saturated carbocycles. The van der Waals surface area contributed by atoms with E-state index < -0.39 is 35.6 Å². The third-order valence-corrected chi connectivity index (χ3v) is 6.90. The van der Waals surface area contributed by atoms with Crippen molar-refractivity contribution < 1.29 is 33.3 Å². The van der Waals surface area contributed by atoms with Gasteiger partial charge in [0.2, 0.25) is 5.91 Å². The molecule has 29 heavy (non-hydrogen) atoms. The Morgan fingerprint density at radius 2 is 1.90 bits per heavy atom. The van der Waals surface area contributed by atoms with E-state index in [0.29, 0.717) is 17.8 Å². The van der Waals surface area contributed by atoms with Crippen molar-refractivity contribution in [2.24, 2.45) is 29.6 Å². The Balaban J connectivity index is 1.76. The van der Waals surface area contributed by atoms with Crippen LogP contribution in [0.25, 0.3) is 0 Å². The van der Waals surface area contributed by atoms with Gasteiger partial charge in [-0.1, -0.05) is 27.2 Å². The van der Waals surface area contributed by atoms with Gasteiger partial charge in [0, 0.05) is 20.6 Å².